The Bertz CT molecular complexity index is 1350. The second-order valence-corrected chi connectivity index (χ2v) is 9.31. The molecule has 0 bridgehead atoms. The van der Waals surface area contributed by atoms with Gasteiger partial charge in [-0.1, -0.05) is 50.2 Å². The minimum Gasteiger partial charge on any atom is -0.457 e. The van der Waals surface area contributed by atoms with Crippen molar-refractivity contribution < 1.29 is 35.8 Å². The van der Waals surface area contributed by atoms with Crippen LogP contribution in [0.4, 0.5) is 37.7 Å². The van der Waals surface area contributed by atoms with E-state index >= 15 is 0 Å². The quantitative estimate of drug-likeness (QED) is 0.187. The van der Waals surface area contributed by atoms with Gasteiger partial charge in [-0.2, -0.15) is 26.3 Å². The van der Waals surface area contributed by atoms with Crippen molar-refractivity contribution in [1.82, 2.24) is 0 Å². The van der Waals surface area contributed by atoms with Crippen molar-refractivity contribution in [3.05, 3.63) is 107 Å². The summed E-state index contributed by atoms with van der Waals surface area (Å²) in [6.07, 6.45) is -9.36. The van der Waals surface area contributed by atoms with Crippen LogP contribution in [0.5, 0.6) is 23.0 Å². The second-order valence-electron chi connectivity index (χ2n) is 9.31. The predicted octanol–water partition coefficient (Wildman–Crippen LogP) is 8.80. The van der Waals surface area contributed by atoms with E-state index in [0.29, 0.717) is 0 Å². The number of benzene rings is 4. The lowest BCUT2D eigenvalue weighted by molar-refractivity contribution is -0.138. The van der Waals surface area contributed by atoms with Crippen LogP contribution in [0, 0.1) is 0 Å². The number of alkyl halides is 6. The zero-order chi connectivity index (χ0) is 28.6. The summed E-state index contributed by atoms with van der Waals surface area (Å²) in [5.41, 5.74) is 9.17. The van der Waals surface area contributed by atoms with Crippen molar-refractivity contribution in [2.75, 3.05) is 11.5 Å². The first-order chi connectivity index (χ1) is 18.2. The first-order valence-electron chi connectivity index (χ1n) is 11.7. The smallest absolute Gasteiger partial charge is 0.421 e. The fraction of sp³-hybridized carbons (Fsp3) is 0.172. The third kappa shape index (κ3) is 5.89. The molecule has 0 aliphatic rings. The van der Waals surface area contributed by atoms with Crippen molar-refractivity contribution in [2.24, 2.45) is 0 Å². The number of hydrogen-bond acceptors (Lipinski definition) is 4. The zero-order valence-electron chi connectivity index (χ0n) is 20.8. The van der Waals surface area contributed by atoms with E-state index in [-0.39, 0.29) is 11.5 Å². The minimum atomic E-state index is -4.68. The number of anilines is 2. The van der Waals surface area contributed by atoms with Crippen LogP contribution in [0.2, 0.25) is 0 Å². The topological polar surface area (TPSA) is 70.5 Å². The maximum absolute atomic E-state index is 13.4. The van der Waals surface area contributed by atoms with Gasteiger partial charge < -0.3 is 20.9 Å². The van der Waals surface area contributed by atoms with Crippen molar-refractivity contribution in [1.29, 1.82) is 0 Å². The van der Waals surface area contributed by atoms with Gasteiger partial charge in [0.15, 0.2) is 0 Å². The molecule has 0 aliphatic carbocycles. The van der Waals surface area contributed by atoms with Gasteiger partial charge in [0.25, 0.3) is 0 Å². The SMILES string of the molecule is CC(C)(c1ccc(Oc2cccc(N)c2C(F)(F)F)cc1)c1ccc(Oc2cccc(N)c2C(F)(F)F)cc1. The molecule has 0 saturated heterocycles. The Labute approximate surface area is 220 Å². The number of rotatable bonds is 6. The maximum atomic E-state index is 13.4. The Morgan fingerprint density at radius 1 is 0.513 bits per heavy atom. The van der Waals surface area contributed by atoms with Crippen LogP contribution < -0.4 is 20.9 Å². The van der Waals surface area contributed by atoms with Crippen LogP contribution in [-0.2, 0) is 17.8 Å². The van der Waals surface area contributed by atoms with Crippen molar-refractivity contribution in [3.63, 3.8) is 0 Å². The van der Waals surface area contributed by atoms with Crippen LogP contribution in [0.1, 0.15) is 36.1 Å². The minimum absolute atomic E-state index is 0.192. The summed E-state index contributed by atoms with van der Waals surface area (Å²) in [4.78, 5) is 0. The molecule has 4 N–H and O–H groups in total. The molecule has 0 atom stereocenters. The normalized spacial score (nSPS) is 12.3. The Balaban J connectivity index is 1.54. The Morgan fingerprint density at radius 3 is 1.15 bits per heavy atom. The number of halogens is 6. The molecular formula is C29H24F6N2O2. The van der Waals surface area contributed by atoms with Gasteiger partial charge in [-0.15, -0.1) is 0 Å². The third-order valence-electron chi connectivity index (χ3n) is 6.29. The predicted molar refractivity (Wildman–Crippen MR) is 137 cm³/mol. The molecule has 0 heterocycles. The van der Waals surface area contributed by atoms with Crippen molar-refractivity contribution in [2.45, 2.75) is 31.6 Å². The highest BCUT2D eigenvalue weighted by Gasteiger charge is 2.38. The standard InChI is InChI=1S/C29H24F6N2O2/c1-27(2,17-9-13-19(14-10-17)38-23-7-3-5-21(36)25(23)28(30,31)32)18-11-15-20(16-12-18)39-24-8-4-6-22(37)26(24)29(33,34)35/h3-16H,36-37H2,1-2H3. The maximum Gasteiger partial charge on any atom is 0.421 e. The highest BCUT2D eigenvalue weighted by Crippen LogP contribution is 2.43. The third-order valence-corrected chi connectivity index (χ3v) is 6.29. The second kappa shape index (κ2) is 10.1. The average molecular weight is 547 g/mol. The van der Waals surface area contributed by atoms with Gasteiger partial charge in [-0.25, -0.2) is 0 Å². The molecule has 4 aromatic carbocycles. The molecule has 4 nitrogen and oxygen atoms in total. The number of nitrogen functional groups attached to an aromatic ring is 2. The number of nitrogens with two attached hydrogens (primary N) is 2. The Hall–Kier alpha value is -4.34. The summed E-state index contributed by atoms with van der Waals surface area (Å²) in [6, 6.07) is 20.6. The lowest BCUT2D eigenvalue weighted by atomic mass is 9.78. The van der Waals surface area contributed by atoms with Gasteiger partial charge in [0.05, 0.1) is 0 Å². The number of hydrogen-bond donors (Lipinski definition) is 2. The van der Waals surface area contributed by atoms with E-state index < -0.39 is 51.8 Å². The molecule has 0 spiro atoms. The van der Waals surface area contributed by atoms with E-state index in [2.05, 4.69) is 0 Å². The van der Waals surface area contributed by atoms with Crippen LogP contribution in [-0.4, -0.2) is 0 Å². The molecule has 4 rings (SSSR count). The van der Waals surface area contributed by atoms with E-state index in [1.165, 1.54) is 24.3 Å². The van der Waals surface area contributed by atoms with E-state index in [4.69, 9.17) is 20.9 Å². The Kier molecular flexibility index (Phi) is 7.16. The molecule has 0 radical (unpaired) electrons. The first kappa shape index (κ1) is 27.7. The molecule has 10 heteroatoms. The molecule has 0 aliphatic heterocycles. The molecule has 4 aromatic rings. The van der Waals surface area contributed by atoms with E-state index in [9.17, 15) is 26.3 Å². The molecule has 0 aromatic heterocycles. The van der Waals surface area contributed by atoms with Crippen LogP contribution in [0.15, 0.2) is 84.9 Å². The van der Waals surface area contributed by atoms with Crippen LogP contribution >= 0.6 is 0 Å². The van der Waals surface area contributed by atoms with Crippen LogP contribution in [0.3, 0.4) is 0 Å². The fourth-order valence-corrected chi connectivity index (χ4v) is 4.17. The summed E-state index contributed by atoms with van der Waals surface area (Å²) in [6.45, 7) is 3.86. The Morgan fingerprint density at radius 2 is 0.846 bits per heavy atom. The van der Waals surface area contributed by atoms with Crippen molar-refractivity contribution >= 4 is 11.4 Å². The largest absolute Gasteiger partial charge is 0.457 e. The molecule has 0 amide bonds. The first-order valence-corrected chi connectivity index (χ1v) is 11.7. The molecule has 0 fully saturated rings. The van der Waals surface area contributed by atoms with Gasteiger partial charge in [0.2, 0.25) is 0 Å². The van der Waals surface area contributed by atoms with Crippen LogP contribution in [0.25, 0.3) is 0 Å². The van der Waals surface area contributed by atoms with Gasteiger partial charge in [-0.05, 0) is 59.7 Å². The summed E-state index contributed by atoms with van der Waals surface area (Å²) < 4.78 is 91.6. The van der Waals surface area contributed by atoms with E-state index in [0.717, 1.165) is 23.3 Å². The molecule has 204 valence electrons. The molecule has 0 saturated carbocycles. The molecular weight excluding hydrogens is 522 g/mol. The molecule has 39 heavy (non-hydrogen) atoms. The summed E-state index contributed by atoms with van der Waals surface area (Å²) >= 11 is 0. The average Bonchev–Trinajstić information content (AvgIpc) is 2.83. The summed E-state index contributed by atoms with van der Waals surface area (Å²) in [5.74, 6) is -0.424. The van der Waals surface area contributed by atoms with E-state index in [1.807, 2.05) is 13.8 Å². The molecule has 0 unspecified atom stereocenters. The lowest BCUT2D eigenvalue weighted by Crippen LogP contribution is -2.18. The van der Waals surface area contributed by atoms with Gasteiger partial charge in [0.1, 0.15) is 34.1 Å². The van der Waals surface area contributed by atoms with E-state index in [1.54, 1.807) is 48.5 Å². The number of ether oxygens (including phenoxy) is 2. The zero-order valence-corrected chi connectivity index (χ0v) is 20.8. The lowest BCUT2D eigenvalue weighted by Gasteiger charge is -2.26. The highest BCUT2D eigenvalue weighted by molar-refractivity contribution is 5.58. The summed E-state index contributed by atoms with van der Waals surface area (Å²) in [5, 5.41) is 0. The highest BCUT2D eigenvalue weighted by atomic mass is 19.4. The summed E-state index contributed by atoms with van der Waals surface area (Å²) in [7, 11) is 0. The van der Waals surface area contributed by atoms with Crippen molar-refractivity contribution in [3.8, 4) is 23.0 Å². The van der Waals surface area contributed by atoms with Gasteiger partial charge in [0, 0.05) is 16.8 Å². The van der Waals surface area contributed by atoms with Gasteiger partial charge >= 0.3 is 12.4 Å². The fourth-order valence-electron chi connectivity index (χ4n) is 4.17. The van der Waals surface area contributed by atoms with Gasteiger partial charge in [-0.3, -0.25) is 0 Å². The monoisotopic (exact) mass is 546 g/mol.